The summed E-state index contributed by atoms with van der Waals surface area (Å²) in [6.45, 7) is 4.06. The van der Waals surface area contributed by atoms with Crippen LogP contribution in [0, 0.1) is 5.82 Å². The van der Waals surface area contributed by atoms with Crippen molar-refractivity contribution in [1.82, 2.24) is 5.32 Å². The Hall–Kier alpha value is -1.81. The Bertz CT molecular complexity index is 627. The summed E-state index contributed by atoms with van der Waals surface area (Å²) in [5, 5.41) is 2.94. The Labute approximate surface area is 135 Å². The third kappa shape index (κ3) is 4.60. The van der Waals surface area contributed by atoms with Gasteiger partial charge in [-0.25, -0.2) is 4.39 Å². The van der Waals surface area contributed by atoms with Gasteiger partial charge in [0.2, 0.25) is 5.91 Å². The minimum absolute atomic E-state index is 0.0559. The molecule has 0 aliphatic heterocycles. The molecule has 2 aromatic carbocycles. The summed E-state index contributed by atoms with van der Waals surface area (Å²) >= 11 is 1.21. The van der Waals surface area contributed by atoms with Gasteiger partial charge in [-0.05, 0) is 36.6 Å². The molecule has 116 valence electrons. The zero-order valence-corrected chi connectivity index (χ0v) is 13.6. The molecule has 0 fully saturated rings. The summed E-state index contributed by atoms with van der Waals surface area (Å²) in [5.74, 6) is -0.179. The van der Waals surface area contributed by atoms with Crippen molar-refractivity contribution in [3.63, 3.8) is 0 Å². The number of thioether (sulfide) groups is 1. The Balaban J connectivity index is 1.87. The molecule has 0 aromatic heterocycles. The summed E-state index contributed by atoms with van der Waals surface area (Å²) in [6, 6.07) is 14.7. The maximum Gasteiger partial charge on any atom is 0.230 e. The third-order valence-electron chi connectivity index (χ3n) is 3.46. The number of amides is 1. The molecule has 0 heterocycles. The van der Waals surface area contributed by atoms with E-state index >= 15 is 0 Å². The van der Waals surface area contributed by atoms with Gasteiger partial charge in [0.05, 0.1) is 11.8 Å². The zero-order chi connectivity index (χ0) is 15.9. The molecule has 1 atom stereocenters. The molecule has 0 bridgehead atoms. The predicted molar refractivity (Wildman–Crippen MR) is 89.5 cm³/mol. The van der Waals surface area contributed by atoms with Crippen molar-refractivity contribution in [3.05, 3.63) is 65.5 Å². The summed E-state index contributed by atoms with van der Waals surface area (Å²) in [7, 11) is 0. The van der Waals surface area contributed by atoms with Crippen LogP contribution in [-0.2, 0) is 11.2 Å². The van der Waals surface area contributed by atoms with E-state index in [1.54, 1.807) is 18.2 Å². The fraction of sp³-hybridized carbons (Fsp3) is 0.278. The van der Waals surface area contributed by atoms with Crippen LogP contribution in [0.2, 0.25) is 0 Å². The second-order valence-electron chi connectivity index (χ2n) is 5.10. The van der Waals surface area contributed by atoms with E-state index in [2.05, 4.69) is 24.4 Å². The van der Waals surface area contributed by atoms with Crippen molar-refractivity contribution >= 4 is 17.7 Å². The topological polar surface area (TPSA) is 29.1 Å². The molecule has 0 aliphatic rings. The minimum Gasteiger partial charge on any atom is -0.349 e. The second kappa shape index (κ2) is 7.99. The first-order valence-corrected chi connectivity index (χ1v) is 8.34. The van der Waals surface area contributed by atoms with E-state index in [9.17, 15) is 9.18 Å². The average molecular weight is 317 g/mol. The largest absolute Gasteiger partial charge is 0.349 e. The fourth-order valence-corrected chi connectivity index (χ4v) is 2.86. The molecule has 1 N–H and O–H groups in total. The molecule has 0 saturated carbocycles. The van der Waals surface area contributed by atoms with Gasteiger partial charge in [-0.15, -0.1) is 11.8 Å². The Kier molecular flexibility index (Phi) is 6.01. The molecule has 0 aliphatic carbocycles. The van der Waals surface area contributed by atoms with Gasteiger partial charge in [-0.3, -0.25) is 4.79 Å². The Morgan fingerprint density at radius 2 is 1.86 bits per heavy atom. The molecule has 22 heavy (non-hydrogen) atoms. The molecular formula is C18H20FNOS. The van der Waals surface area contributed by atoms with Crippen molar-refractivity contribution in [1.29, 1.82) is 0 Å². The van der Waals surface area contributed by atoms with E-state index in [0.717, 1.165) is 12.0 Å². The lowest BCUT2D eigenvalue weighted by Gasteiger charge is -2.14. The van der Waals surface area contributed by atoms with Crippen LogP contribution < -0.4 is 5.32 Å². The molecule has 2 rings (SSSR count). The van der Waals surface area contributed by atoms with Crippen LogP contribution in [0.5, 0.6) is 0 Å². The first kappa shape index (κ1) is 16.6. The molecule has 0 saturated heterocycles. The second-order valence-corrected chi connectivity index (χ2v) is 6.12. The number of carbonyl (C=O) groups is 1. The molecule has 2 nitrogen and oxygen atoms in total. The first-order valence-electron chi connectivity index (χ1n) is 7.35. The number of halogens is 1. The summed E-state index contributed by atoms with van der Waals surface area (Å²) in [6.07, 6.45) is 1.00. The van der Waals surface area contributed by atoms with Crippen LogP contribution in [0.25, 0.3) is 0 Å². The lowest BCUT2D eigenvalue weighted by Crippen LogP contribution is -2.28. The number of hydrogen-bond donors (Lipinski definition) is 1. The summed E-state index contributed by atoms with van der Waals surface area (Å²) in [4.78, 5) is 12.5. The van der Waals surface area contributed by atoms with Gasteiger partial charge in [-0.1, -0.05) is 43.3 Å². The van der Waals surface area contributed by atoms with Gasteiger partial charge >= 0.3 is 0 Å². The highest BCUT2D eigenvalue weighted by Gasteiger charge is 2.11. The van der Waals surface area contributed by atoms with Crippen molar-refractivity contribution in [2.75, 3.05) is 5.75 Å². The Morgan fingerprint density at radius 1 is 1.18 bits per heavy atom. The molecule has 2 aromatic rings. The minimum atomic E-state index is -0.288. The smallest absolute Gasteiger partial charge is 0.230 e. The number of carbonyl (C=O) groups excluding carboxylic acids is 1. The summed E-state index contributed by atoms with van der Waals surface area (Å²) in [5.41, 5.74) is 2.35. The van der Waals surface area contributed by atoms with E-state index in [4.69, 9.17) is 0 Å². The highest BCUT2D eigenvalue weighted by Crippen LogP contribution is 2.21. The van der Waals surface area contributed by atoms with Crippen LogP contribution in [0.15, 0.2) is 53.4 Å². The fourth-order valence-electron chi connectivity index (χ4n) is 2.11. The van der Waals surface area contributed by atoms with Crippen molar-refractivity contribution < 1.29 is 9.18 Å². The van der Waals surface area contributed by atoms with Crippen LogP contribution in [0.3, 0.4) is 0 Å². The van der Waals surface area contributed by atoms with Gasteiger partial charge in [0.15, 0.2) is 0 Å². The van der Waals surface area contributed by atoms with E-state index in [1.807, 2.05) is 19.1 Å². The highest BCUT2D eigenvalue weighted by atomic mass is 32.2. The standard InChI is InChI=1S/C18H20FNOS/c1-3-14-8-10-15(11-9-14)13(2)20-18(21)12-22-17-7-5-4-6-16(17)19/h4-11,13H,3,12H2,1-2H3,(H,20,21). The van der Waals surface area contributed by atoms with Crippen LogP contribution in [-0.4, -0.2) is 11.7 Å². The van der Waals surface area contributed by atoms with Crippen molar-refractivity contribution in [2.45, 2.75) is 31.2 Å². The third-order valence-corrected chi connectivity index (χ3v) is 4.51. The van der Waals surface area contributed by atoms with Crippen molar-refractivity contribution in [2.24, 2.45) is 0 Å². The van der Waals surface area contributed by atoms with E-state index in [-0.39, 0.29) is 23.5 Å². The molecule has 1 amide bonds. The predicted octanol–water partition coefficient (Wildman–Crippen LogP) is 4.36. The number of aryl methyl sites for hydroxylation is 1. The molecule has 4 heteroatoms. The molecule has 0 spiro atoms. The van der Waals surface area contributed by atoms with Crippen LogP contribution in [0.4, 0.5) is 4.39 Å². The number of hydrogen-bond acceptors (Lipinski definition) is 2. The van der Waals surface area contributed by atoms with Gasteiger partial charge in [0.1, 0.15) is 5.82 Å². The number of benzene rings is 2. The normalized spacial score (nSPS) is 12.0. The molecule has 0 radical (unpaired) electrons. The number of rotatable bonds is 6. The van der Waals surface area contributed by atoms with E-state index < -0.39 is 0 Å². The first-order chi connectivity index (χ1) is 10.6. The monoisotopic (exact) mass is 317 g/mol. The average Bonchev–Trinajstić information content (AvgIpc) is 2.54. The lowest BCUT2D eigenvalue weighted by atomic mass is 10.1. The molecule has 1 unspecified atom stereocenters. The van der Waals surface area contributed by atoms with Gasteiger partial charge in [0, 0.05) is 4.90 Å². The lowest BCUT2D eigenvalue weighted by molar-refractivity contribution is -0.119. The van der Waals surface area contributed by atoms with Gasteiger partial charge in [0.25, 0.3) is 0 Å². The quantitative estimate of drug-likeness (QED) is 0.802. The SMILES string of the molecule is CCc1ccc(C(C)NC(=O)CSc2ccccc2F)cc1. The van der Waals surface area contributed by atoms with Crippen LogP contribution >= 0.6 is 11.8 Å². The number of nitrogens with one attached hydrogen (secondary N) is 1. The highest BCUT2D eigenvalue weighted by molar-refractivity contribution is 8.00. The maximum absolute atomic E-state index is 13.5. The van der Waals surface area contributed by atoms with E-state index in [0.29, 0.717) is 4.90 Å². The van der Waals surface area contributed by atoms with Crippen molar-refractivity contribution in [3.8, 4) is 0 Å². The maximum atomic E-state index is 13.5. The zero-order valence-electron chi connectivity index (χ0n) is 12.8. The Morgan fingerprint density at radius 3 is 2.50 bits per heavy atom. The van der Waals surface area contributed by atoms with Gasteiger partial charge < -0.3 is 5.32 Å². The van der Waals surface area contributed by atoms with E-state index in [1.165, 1.54) is 23.4 Å². The molecular weight excluding hydrogens is 297 g/mol. The summed E-state index contributed by atoms with van der Waals surface area (Å²) < 4.78 is 13.5. The van der Waals surface area contributed by atoms with Gasteiger partial charge in [-0.2, -0.15) is 0 Å². The van der Waals surface area contributed by atoms with Crippen LogP contribution in [0.1, 0.15) is 31.0 Å².